The maximum atomic E-state index is 12.8. The van der Waals surface area contributed by atoms with E-state index in [2.05, 4.69) is 20.6 Å². The van der Waals surface area contributed by atoms with Gasteiger partial charge >= 0.3 is 6.18 Å². The number of amides is 1. The van der Waals surface area contributed by atoms with Crippen LogP contribution in [0.15, 0.2) is 71.9 Å². The summed E-state index contributed by atoms with van der Waals surface area (Å²) < 4.78 is 38.3. The molecule has 0 atom stereocenters. The van der Waals surface area contributed by atoms with Crippen molar-refractivity contribution in [2.75, 3.05) is 5.32 Å². The van der Waals surface area contributed by atoms with E-state index < -0.39 is 17.6 Å². The van der Waals surface area contributed by atoms with E-state index in [1.165, 1.54) is 0 Å². The number of hydrogen-bond donors (Lipinski definition) is 2. The number of nitrogens with one attached hydrogen (secondary N) is 2. The molecule has 0 spiro atoms. The molecule has 8 heteroatoms. The Morgan fingerprint density at radius 1 is 1.00 bits per heavy atom. The monoisotopic (exact) mass is 426 g/mol. The zero-order chi connectivity index (χ0) is 22.4. The van der Waals surface area contributed by atoms with Crippen LogP contribution in [0.4, 0.5) is 18.9 Å². The highest BCUT2D eigenvalue weighted by Crippen LogP contribution is 2.29. The van der Waals surface area contributed by atoms with E-state index in [0.717, 1.165) is 41.1 Å². The van der Waals surface area contributed by atoms with Crippen LogP contribution in [-0.2, 0) is 12.7 Å². The molecule has 160 valence electrons. The van der Waals surface area contributed by atoms with Crippen LogP contribution in [-0.4, -0.2) is 16.9 Å². The minimum Gasteiger partial charge on any atom is -0.326 e. The third-order valence-electron chi connectivity index (χ3n) is 4.60. The smallest absolute Gasteiger partial charge is 0.326 e. The van der Waals surface area contributed by atoms with E-state index in [9.17, 15) is 18.0 Å². The van der Waals surface area contributed by atoms with Crippen LogP contribution < -0.4 is 10.6 Å². The van der Waals surface area contributed by atoms with Crippen molar-refractivity contribution in [3.8, 4) is 0 Å². The van der Waals surface area contributed by atoms with Crippen molar-refractivity contribution in [1.82, 2.24) is 10.3 Å². The predicted octanol–water partition coefficient (Wildman–Crippen LogP) is 5.12. The summed E-state index contributed by atoms with van der Waals surface area (Å²) in [6, 6.07) is 15.1. The first kappa shape index (κ1) is 22.0. The molecule has 0 saturated carbocycles. The second kappa shape index (κ2) is 9.42. The third-order valence-corrected chi connectivity index (χ3v) is 4.60. The van der Waals surface area contributed by atoms with Gasteiger partial charge in [-0.2, -0.15) is 13.2 Å². The first-order valence-electron chi connectivity index (χ1n) is 9.49. The van der Waals surface area contributed by atoms with Crippen LogP contribution in [0.25, 0.3) is 0 Å². The summed E-state index contributed by atoms with van der Waals surface area (Å²) in [6.07, 6.45) is -2.82. The standard InChI is InChI=1S/C23H21F3N4O/c1-15-6-11-19(13-16(15)2)29-22(28-14-20-5-3-4-12-27-20)30-21(31)17-7-9-18(10-8-17)23(24,25)26/h3-13H,14H2,1-2H3,(H2,28,29,30,31). The fourth-order valence-corrected chi connectivity index (χ4v) is 2.71. The van der Waals surface area contributed by atoms with Gasteiger partial charge in [-0.25, -0.2) is 4.99 Å². The number of alkyl halides is 3. The van der Waals surface area contributed by atoms with Gasteiger partial charge in [-0.3, -0.25) is 15.1 Å². The average Bonchev–Trinajstić information content (AvgIpc) is 2.75. The molecule has 0 unspecified atom stereocenters. The number of guanidine groups is 1. The number of carbonyl (C=O) groups excluding carboxylic acids is 1. The normalized spacial score (nSPS) is 11.8. The Labute approximate surface area is 178 Å². The lowest BCUT2D eigenvalue weighted by atomic mass is 10.1. The molecule has 0 saturated heterocycles. The highest BCUT2D eigenvalue weighted by molar-refractivity contribution is 6.10. The molecular formula is C23H21F3N4O. The maximum absolute atomic E-state index is 12.8. The molecule has 3 rings (SSSR count). The molecule has 0 radical (unpaired) electrons. The van der Waals surface area contributed by atoms with E-state index in [1.807, 2.05) is 38.1 Å². The van der Waals surface area contributed by atoms with Gasteiger partial charge in [0.05, 0.1) is 17.8 Å². The lowest BCUT2D eigenvalue weighted by molar-refractivity contribution is -0.137. The van der Waals surface area contributed by atoms with Gasteiger partial charge in [-0.05, 0) is 73.5 Å². The van der Waals surface area contributed by atoms with Crippen LogP contribution >= 0.6 is 0 Å². The Morgan fingerprint density at radius 3 is 2.35 bits per heavy atom. The number of aromatic nitrogens is 1. The number of pyridine rings is 1. The van der Waals surface area contributed by atoms with Crippen molar-refractivity contribution in [2.45, 2.75) is 26.6 Å². The van der Waals surface area contributed by atoms with Crippen LogP contribution in [0.3, 0.4) is 0 Å². The van der Waals surface area contributed by atoms with Crippen LogP contribution in [0.2, 0.25) is 0 Å². The Morgan fingerprint density at radius 2 is 1.74 bits per heavy atom. The number of halogens is 3. The molecule has 3 aromatic rings. The SMILES string of the molecule is Cc1ccc(NC(=NCc2ccccn2)NC(=O)c2ccc(C(F)(F)F)cc2)cc1C. The predicted molar refractivity (Wildman–Crippen MR) is 114 cm³/mol. The number of anilines is 1. The van der Waals surface area contributed by atoms with Gasteiger partial charge in [0.1, 0.15) is 0 Å². The minimum absolute atomic E-state index is 0.0837. The highest BCUT2D eigenvalue weighted by atomic mass is 19.4. The molecule has 0 aliphatic rings. The Hall–Kier alpha value is -3.68. The Kier molecular flexibility index (Phi) is 6.69. The average molecular weight is 426 g/mol. The molecule has 2 N–H and O–H groups in total. The largest absolute Gasteiger partial charge is 0.416 e. The van der Waals surface area contributed by atoms with Crippen molar-refractivity contribution >= 4 is 17.6 Å². The second-order valence-electron chi connectivity index (χ2n) is 6.94. The summed E-state index contributed by atoms with van der Waals surface area (Å²) in [5.41, 5.74) is 2.86. The maximum Gasteiger partial charge on any atom is 0.416 e. The Bertz CT molecular complexity index is 1080. The van der Waals surface area contributed by atoms with Crippen molar-refractivity contribution in [3.63, 3.8) is 0 Å². The van der Waals surface area contributed by atoms with Crippen molar-refractivity contribution in [3.05, 3.63) is 94.8 Å². The number of aryl methyl sites for hydroxylation is 2. The summed E-state index contributed by atoms with van der Waals surface area (Å²) in [6.45, 7) is 4.16. The van der Waals surface area contributed by atoms with E-state index in [0.29, 0.717) is 5.69 Å². The summed E-state index contributed by atoms with van der Waals surface area (Å²) >= 11 is 0. The zero-order valence-corrected chi connectivity index (χ0v) is 17.0. The lowest BCUT2D eigenvalue weighted by Crippen LogP contribution is -2.36. The van der Waals surface area contributed by atoms with Gasteiger partial charge in [0.25, 0.3) is 5.91 Å². The van der Waals surface area contributed by atoms with Gasteiger partial charge in [-0.1, -0.05) is 12.1 Å². The van der Waals surface area contributed by atoms with Gasteiger partial charge < -0.3 is 5.32 Å². The summed E-state index contributed by atoms with van der Waals surface area (Å²) in [7, 11) is 0. The number of carbonyl (C=O) groups is 1. The number of hydrogen-bond acceptors (Lipinski definition) is 3. The van der Waals surface area contributed by atoms with Crippen molar-refractivity contribution in [2.24, 2.45) is 4.99 Å². The summed E-state index contributed by atoms with van der Waals surface area (Å²) in [5, 5.41) is 5.70. The van der Waals surface area contributed by atoms with Crippen molar-refractivity contribution in [1.29, 1.82) is 0 Å². The first-order chi connectivity index (χ1) is 14.7. The minimum atomic E-state index is -4.46. The van der Waals surface area contributed by atoms with E-state index in [4.69, 9.17) is 0 Å². The summed E-state index contributed by atoms with van der Waals surface area (Å²) in [5.74, 6) is -0.413. The molecule has 1 aromatic heterocycles. The van der Waals surface area contributed by atoms with Crippen LogP contribution in [0, 0.1) is 13.8 Å². The molecule has 0 fully saturated rings. The van der Waals surface area contributed by atoms with E-state index >= 15 is 0 Å². The topological polar surface area (TPSA) is 66.4 Å². The van der Waals surface area contributed by atoms with Gasteiger partial charge in [0.15, 0.2) is 0 Å². The highest BCUT2D eigenvalue weighted by Gasteiger charge is 2.30. The molecular weight excluding hydrogens is 405 g/mol. The van der Waals surface area contributed by atoms with Gasteiger partial charge in [0, 0.05) is 17.4 Å². The fraction of sp³-hybridized carbons (Fsp3) is 0.174. The lowest BCUT2D eigenvalue weighted by Gasteiger charge is -2.13. The number of aliphatic imine (C=N–C) groups is 1. The van der Waals surface area contributed by atoms with Crippen LogP contribution in [0.1, 0.15) is 32.7 Å². The summed E-state index contributed by atoms with van der Waals surface area (Å²) in [4.78, 5) is 21.2. The molecule has 0 aliphatic heterocycles. The molecule has 0 bridgehead atoms. The molecule has 1 amide bonds. The molecule has 2 aromatic carbocycles. The molecule has 5 nitrogen and oxygen atoms in total. The van der Waals surface area contributed by atoms with Crippen molar-refractivity contribution < 1.29 is 18.0 Å². The van der Waals surface area contributed by atoms with E-state index in [-0.39, 0.29) is 18.1 Å². The molecule has 1 heterocycles. The second-order valence-corrected chi connectivity index (χ2v) is 6.94. The quantitative estimate of drug-likeness (QED) is 0.450. The fourth-order valence-electron chi connectivity index (χ4n) is 2.71. The van der Waals surface area contributed by atoms with Gasteiger partial charge in [-0.15, -0.1) is 0 Å². The van der Waals surface area contributed by atoms with Crippen LogP contribution in [0.5, 0.6) is 0 Å². The zero-order valence-electron chi connectivity index (χ0n) is 17.0. The third kappa shape index (κ3) is 6.15. The first-order valence-corrected chi connectivity index (χ1v) is 9.49. The number of nitrogens with zero attached hydrogens (tertiary/aromatic N) is 2. The number of benzene rings is 2. The van der Waals surface area contributed by atoms with E-state index in [1.54, 1.807) is 18.3 Å². The van der Waals surface area contributed by atoms with Gasteiger partial charge in [0.2, 0.25) is 5.96 Å². The molecule has 31 heavy (non-hydrogen) atoms. The Balaban J connectivity index is 1.81. The molecule has 0 aliphatic carbocycles. The number of rotatable bonds is 4.